The van der Waals surface area contributed by atoms with Gasteiger partial charge in [-0.05, 0) is 60.9 Å². The standard InChI is InChI=1S/C49H71N13O15S2/c1-24(2)39-48(77)58-33(18-38(67)68)45(74)60-35(40(51)69)22-78-20-27-6-4-7-28(16-27)21-79-23-36(61-41(70)25(3)50)47(76)59-34(19-63)46(75)55-30(8-5-15-54-49(52)53)42(71)57-32(17-26-9-11-29(64)12-10-26)44(73)56-31(43(72)62-39)13-14-37(65)66/h4,6-7,9-12,16,24-25,30-36,39,63-64H,5,8,13-15,17-23,50H2,1-3H3,(H2,51,69)(H,55,75)(H,56,73)(H,57,71)(H,58,77)(H,59,76)(H,60,74)(H,61,70)(H,62,72)(H,65,66)(H,67,68)(H4,52,53,54)/t25-,30-,31-,32-,33-,34-,35-,36-,39-/m0/s1. The molecule has 1 aliphatic heterocycles. The van der Waals surface area contributed by atoms with Crippen LogP contribution in [0.5, 0.6) is 5.75 Å². The van der Waals surface area contributed by atoms with Crippen LogP contribution in [0.15, 0.2) is 53.5 Å². The van der Waals surface area contributed by atoms with E-state index in [1.54, 1.807) is 18.2 Å². The Balaban J connectivity index is 2.17. The zero-order valence-electron chi connectivity index (χ0n) is 43.7. The van der Waals surface area contributed by atoms with Crippen molar-refractivity contribution in [3.8, 4) is 5.75 Å². The summed E-state index contributed by atoms with van der Waals surface area (Å²) in [6.07, 6.45) is -2.84. The Morgan fingerprint density at radius 2 is 1.20 bits per heavy atom. The van der Waals surface area contributed by atoms with Crippen molar-refractivity contribution in [3.05, 3.63) is 65.2 Å². The molecule has 1 aliphatic rings. The third-order valence-electron chi connectivity index (χ3n) is 11.7. The van der Waals surface area contributed by atoms with E-state index in [4.69, 9.17) is 22.9 Å². The summed E-state index contributed by atoms with van der Waals surface area (Å²) in [6.45, 7) is 3.28. The van der Waals surface area contributed by atoms with Gasteiger partial charge in [0.25, 0.3) is 0 Å². The Bertz CT molecular complexity index is 2520. The van der Waals surface area contributed by atoms with Crippen LogP contribution in [0, 0.1) is 5.92 Å². The number of nitrogens with two attached hydrogens (primary N) is 4. The monoisotopic (exact) mass is 1150 g/mol. The van der Waals surface area contributed by atoms with Gasteiger partial charge in [-0.1, -0.05) is 50.2 Å². The highest BCUT2D eigenvalue weighted by Crippen LogP contribution is 2.20. The Kier molecular flexibility index (Phi) is 27.3. The minimum atomic E-state index is -1.83. The van der Waals surface area contributed by atoms with Gasteiger partial charge in [-0.3, -0.25) is 57.7 Å². The predicted octanol–water partition coefficient (Wildman–Crippen LogP) is -4.13. The summed E-state index contributed by atoms with van der Waals surface area (Å²) in [5, 5.41) is 59.3. The van der Waals surface area contributed by atoms with Crippen LogP contribution >= 0.6 is 23.5 Å². The number of aliphatic hydroxyl groups is 1. The molecule has 9 amide bonds. The van der Waals surface area contributed by atoms with Gasteiger partial charge in [-0.15, -0.1) is 0 Å². The fraction of sp³-hybridized carbons (Fsp3) is 0.510. The quantitative estimate of drug-likeness (QED) is 0.0431. The summed E-state index contributed by atoms with van der Waals surface area (Å²) in [7, 11) is 0. The van der Waals surface area contributed by atoms with Gasteiger partial charge in [0.2, 0.25) is 53.2 Å². The van der Waals surface area contributed by atoms with Crippen LogP contribution in [0.25, 0.3) is 0 Å². The van der Waals surface area contributed by atoms with Crippen molar-refractivity contribution in [3.63, 3.8) is 0 Å². The molecule has 2 aromatic carbocycles. The second-order valence-corrected chi connectivity index (χ2v) is 20.8. The smallest absolute Gasteiger partial charge is 0.305 e. The van der Waals surface area contributed by atoms with Gasteiger partial charge in [0, 0.05) is 42.4 Å². The van der Waals surface area contributed by atoms with Crippen molar-refractivity contribution in [2.45, 2.75) is 125 Å². The van der Waals surface area contributed by atoms with Gasteiger partial charge < -0.3 is 85.9 Å². The average molecular weight is 1150 g/mol. The van der Waals surface area contributed by atoms with Gasteiger partial charge >= 0.3 is 11.9 Å². The first kappa shape index (κ1) is 65.6. The molecule has 20 N–H and O–H groups in total. The van der Waals surface area contributed by atoms with Gasteiger partial charge in [-0.25, -0.2) is 0 Å². The molecule has 79 heavy (non-hydrogen) atoms. The highest BCUT2D eigenvalue weighted by Gasteiger charge is 2.36. The number of primary amides is 1. The fourth-order valence-corrected chi connectivity index (χ4v) is 9.48. The Morgan fingerprint density at radius 1 is 0.671 bits per heavy atom. The third kappa shape index (κ3) is 23.4. The van der Waals surface area contributed by atoms with E-state index in [2.05, 4.69) is 47.5 Å². The SMILES string of the molecule is CC(C)[C@@H]1NC(=O)[C@H](CCC(=O)O)NC(=O)[C@H](Cc2ccc(O)cc2)NC(=O)[C@H](CCCN=C(N)N)NC(=O)[C@H](CO)NC(=O)[C@@H](NC(=O)[C@H](C)N)CSCc2cccc(c2)CSC[C@@H](C(N)=O)NC(=O)[C@H](CC(=O)O)NC1=O. The second kappa shape index (κ2) is 32.9. The van der Waals surface area contributed by atoms with Crippen molar-refractivity contribution < 1.29 is 73.2 Å². The van der Waals surface area contributed by atoms with Gasteiger partial charge in [0.05, 0.1) is 19.1 Å². The lowest BCUT2D eigenvalue weighted by Gasteiger charge is -2.29. The van der Waals surface area contributed by atoms with Crippen molar-refractivity contribution in [2.75, 3.05) is 24.7 Å². The number of rotatable bonds is 16. The summed E-state index contributed by atoms with van der Waals surface area (Å²) in [6, 6.07) is -1.32. The number of benzene rings is 2. The van der Waals surface area contributed by atoms with Crippen LogP contribution in [-0.2, 0) is 70.7 Å². The summed E-state index contributed by atoms with van der Waals surface area (Å²) < 4.78 is 0. The van der Waals surface area contributed by atoms with Crippen LogP contribution < -0.4 is 65.5 Å². The maximum atomic E-state index is 14.4. The third-order valence-corrected chi connectivity index (χ3v) is 14.0. The molecule has 0 unspecified atom stereocenters. The van der Waals surface area contributed by atoms with Crippen LogP contribution in [0.4, 0.5) is 0 Å². The molecule has 3 rings (SSSR count). The van der Waals surface area contributed by atoms with E-state index >= 15 is 0 Å². The van der Waals surface area contributed by atoms with Crippen LogP contribution in [0.1, 0.15) is 69.6 Å². The summed E-state index contributed by atoms with van der Waals surface area (Å²) in [5.74, 6) is -13.0. The predicted molar refractivity (Wildman–Crippen MR) is 290 cm³/mol. The number of phenols is 1. The number of hydrogen-bond donors (Lipinski definition) is 16. The lowest BCUT2D eigenvalue weighted by atomic mass is 10.0. The summed E-state index contributed by atoms with van der Waals surface area (Å²) in [4.78, 5) is 152. The number of nitrogens with zero attached hydrogens (tertiary/aromatic N) is 1. The number of amides is 9. The fourth-order valence-electron chi connectivity index (χ4n) is 7.46. The largest absolute Gasteiger partial charge is 0.508 e. The molecular weight excluding hydrogens is 1070 g/mol. The number of aliphatic hydroxyl groups excluding tert-OH is 1. The number of thioether (sulfide) groups is 2. The number of aliphatic carboxylic acids is 2. The molecule has 2 bridgehead atoms. The first-order valence-corrected chi connectivity index (χ1v) is 27.2. The minimum Gasteiger partial charge on any atom is -0.508 e. The second-order valence-electron chi connectivity index (χ2n) is 18.7. The van der Waals surface area contributed by atoms with E-state index in [0.717, 1.165) is 11.1 Å². The molecule has 0 radical (unpaired) electrons. The summed E-state index contributed by atoms with van der Waals surface area (Å²) >= 11 is 2.39. The number of guanidine groups is 1. The molecule has 30 heteroatoms. The first-order valence-electron chi connectivity index (χ1n) is 24.9. The highest BCUT2D eigenvalue weighted by atomic mass is 32.2. The van der Waals surface area contributed by atoms with Gasteiger partial charge in [0.1, 0.15) is 54.1 Å². The molecule has 0 saturated heterocycles. The summed E-state index contributed by atoms with van der Waals surface area (Å²) in [5.41, 5.74) is 24.3. The number of carbonyl (C=O) groups excluding carboxylic acids is 9. The molecule has 0 spiro atoms. The Labute approximate surface area is 463 Å². The molecule has 434 valence electrons. The van der Waals surface area contributed by atoms with Crippen molar-refractivity contribution >= 4 is 94.6 Å². The number of carbonyl (C=O) groups is 11. The molecule has 0 saturated carbocycles. The van der Waals surface area contributed by atoms with E-state index in [1.165, 1.54) is 68.6 Å². The van der Waals surface area contributed by atoms with E-state index in [-0.39, 0.29) is 60.5 Å². The topological polar surface area (TPSA) is 481 Å². The van der Waals surface area contributed by atoms with E-state index in [9.17, 15) is 73.2 Å². The maximum Gasteiger partial charge on any atom is 0.305 e. The molecule has 2 aromatic rings. The Morgan fingerprint density at radius 3 is 1.76 bits per heavy atom. The van der Waals surface area contributed by atoms with Crippen molar-refractivity contribution in [1.82, 2.24) is 42.5 Å². The van der Waals surface area contributed by atoms with Crippen LogP contribution in [0.3, 0.4) is 0 Å². The van der Waals surface area contributed by atoms with E-state index in [0.29, 0.717) is 5.56 Å². The first-order chi connectivity index (χ1) is 37.3. The highest BCUT2D eigenvalue weighted by molar-refractivity contribution is 7.98. The molecule has 9 atom stereocenters. The number of phenolic OH excluding ortho intramolecular Hbond substituents is 1. The normalized spacial score (nSPS) is 23.3. The van der Waals surface area contributed by atoms with Gasteiger partial charge in [-0.2, -0.15) is 23.5 Å². The number of aromatic hydroxyl groups is 1. The average Bonchev–Trinajstić information content (AvgIpc) is 3.38. The van der Waals surface area contributed by atoms with Crippen molar-refractivity contribution in [2.24, 2.45) is 33.8 Å². The molecule has 28 nitrogen and oxygen atoms in total. The lowest BCUT2D eigenvalue weighted by Crippen LogP contribution is -2.61. The number of fused-ring (bicyclic) bond motifs is 2. The zero-order valence-corrected chi connectivity index (χ0v) is 45.4. The number of carboxylic acids is 2. The van der Waals surface area contributed by atoms with E-state index in [1.807, 2.05) is 6.07 Å². The number of hydrogen-bond acceptors (Lipinski definition) is 17. The maximum absolute atomic E-state index is 14.4. The Hall–Kier alpha value is -7.70. The van der Waals surface area contributed by atoms with Crippen LogP contribution in [0.2, 0.25) is 0 Å². The van der Waals surface area contributed by atoms with Crippen LogP contribution in [-0.4, -0.2) is 171 Å². The van der Waals surface area contributed by atoms with Gasteiger partial charge in [0.15, 0.2) is 5.96 Å². The number of carboxylic acid groups (broad SMARTS) is 2. The lowest BCUT2D eigenvalue weighted by molar-refractivity contribution is -0.142. The minimum absolute atomic E-state index is 0.0310. The molecule has 0 aromatic heterocycles. The van der Waals surface area contributed by atoms with Crippen molar-refractivity contribution in [1.29, 1.82) is 0 Å². The van der Waals surface area contributed by atoms with E-state index < -0.39 is 151 Å². The number of aliphatic imine (C=N–C) groups is 1. The number of nitrogens with one attached hydrogen (secondary N) is 8. The zero-order chi connectivity index (χ0) is 58.9. The molecule has 0 fully saturated rings. The molecular formula is C49H71N13O15S2. The molecule has 1 heterocycles. The molecule has 0 aliphatic carbocycles.